The van der Waals surface area contributed by atoms with E-state index in [0.717, 1.165) is 49.3 Å². The maximum atomic E-state index is 13.3. The normalized spacial score (nSPS) is 21.9. The lowest BCUT2D eigenvalue weighted by atomic mass is 9.90. The Bertz CT molecular complexity index is 1210. The van der Waals surface area contributed by atoms with Gasteiger partial charge in [-0.1, -0.05) is 13.0 Å². The Hall–Kier alpha value is -3.33. The number of allylic oxidation sites excluding steroid dienone is 4. The van der Waals surface area contributed by atoms with Crippen molar-refractivity contribution in [1.82, 2.24) is 24.5 Å². The molecule has 1 saturated heterocycles. The van der Waals surface area contributed by atoms with Gasteiger partial charge in [0.05, 0.1) is 5.70 Å². The van der Waals surface area contributed by atoms with Gasteiger partial charge >= 0.3 is 6.18 Å². The van der Waals surface area contributed by atoms with E-state index in [1.807, 2.05) is 31.4 Å². The lowest BCUT2D eigenvalue weighted by Crippen LogP contribution is -2.43. The SMILES string of the molecule is CC1CC=C2C=CC(N3CCNCC3)=CN2C(=O)C=C1c1ccc2nc(C(F)(F)F)cn2c1. The quantitative estimate of drug-likeness (QED) is 0.749. The molecule has 1 atom stereocenters. The Kier molecular flexibility index (Phi) is 5.36. The summed E-state index contributed by atoms with van der Waals surface area (Å²) in [4.78, 5) is 20.8. The molecule has 2 aromatic heterocycles. The first kappa shape index (κ1) is 21.5. The minimum absolute atomic E-state index is 0.0126. The van der Waals surface area contributed by atoms with Crippen molar-refractivity contribution >= 4 is 17.1 Å². The first-order valence-corrected chi connectivity index (χ1v) is 11.0. The van der Waals surface area contributed by atoms with E-state index in [1.165, 1.54) is 4.40 Å². The summed E-state index contributed by atoms with van der Waals surface area (Å²) in [6.07, 6.45) is 8.30. The molecule has 33 heavy (non-hydrogen) atoms. The van der Waals surface area contributed by atoms with Crippen molar-refractivity contribution in [2.45, 2.75) is 19.5 Å². The van der Waals surface area contributed by atoms with Gasteiger partial charge in [0.15, 0.2) is 5.69 Å². The Balaban J connectivity index is 1.48. The zero-order chi connectivity index (χ0) is 23.2. The molecule has 0 aliphatic carbocycles. The molecule has 3 aliphatic heterocycles. The van der Waals surface area contributed by atoms with E-state index in [1.54, 1.807) is 29.3 Å². The van der Waals surface area contributed by atoms with Crippen molar-refractivity contribution in [2.75, 3.05) is 26.2 Å². The number of aromatic nitrogens is 2. The number of fused-ring (bicyclic) bond motifs is 2. The van der Waals surface area contributed by atoms with Gasteiger partial charge < -0.3 is 14.6 Å². The predicted octanol–water partition coefficient (Wildman–Crippen LogP) is 3.81. The van der Waals surface area contributed by atoms with Gasteiger partial charge in [-0.2, -0.15) is 13.2 Å². The molecule has 0 aromatic carbocycles. The number of alkyl halides is 3. The first-order valence-electron chi connectivity index (χ1n) is 11.0. The second-order valence-electron chi connectivity index (χ2n) is 8.51. The summed E-state index contributed by atoms with van der Waals surface area (Å²) in [5.74, 6) is -0.167. The van der Waals surface area contributed by atoms with E-state index < -0.39 is 11.9 Å². The number of halogens is 3. The molecule has 5 rings (SSSR count). The molecule has 0 saturated carbocycles. The average Bonchev–Trinajstić information content (AvgIpc) is 3.25. The molecule has 9 heteroatoms. The summed E-state index contributed by atoms with van der Waals surface area (Å²) in [6.45, 7) is 5.56. The summed E-state index contributed by atoms with van der Waals surface area (Å²) < 4.78 is 40.5. The maximum absolute atomic E-state index is 13.3. The molecule has 1 fully saturated rings. The molecule has 5 heterocycles. The molecule has 172 valence electrons. The molecule has 6 nitrogen and oxygen atoms in total. The van der Waals surface area contributed by atoms with Gasteiger partial charge in [-0.3, -0.25) is 9.69 Å². The van der Waals surface area contributed by atoms with Gasteiger partial charge in [0.25, 0.3) is 5.91 Å². The molecule has 0 radical (unpaired) electrons. The number of amides is 1. The van der Waals surface area contributed by atoms with E-state index in [9.17, 15) is 18.0 Å². The molecule has 1 N–H and O–H groups in total. The van der Waals surface area contributed by atoms with Gasteiger partial charge in [-0.05, 0) is 47.8 Å². The molecule has 0 bridgehead atoms. The molecule has 0 spiro atoms. The smallest absolute Gasteiger partial charge is 0.368 e. The molecular weight excluding hydrogens is 431 g/mol. The van der Waals surface area contributed by atoms with Gasteiger partial charge in [-0.25, -0.2) is 4.98 Å². The van der Waals surface area contributed by atoms with Crippen molar-refractivity contribution < 1.29 is 18.0 Å². The topological polar surface area (TPSA) is 52.9 Å². The lowest BCUT2D eigenvalue weighted by Gasteiger charge is -2.34. The highest BCUT2D eigenvalue weighted by Crippen LogP contribution is 2.33. The fourth-order valence-electron chi connectivity index (χ4n) is 4.40. The summed E-state index contributed by atoms with van der Waals surface area (Å²) >= 11 is 0. The third-order valence-corrected chi connectivity index (χ3v) is 6.25. The van der Waals surface area contributed by atoms with E-state index in [-0.39, 0.29) is 17.5 Å². The highest BCUT2D eigenvalue weighted by molar-refractivity contribution is 5.98. The van der Waals surface area contributed by atoms with Gasteiger partial charge in [0, 0.05) is 56.5 Å². The van der Waals surface area contributed by atoms with E-state index in [4.69, 9.17) is 0 Å². The average molecular weight is 455 g/mol. The van der Waals surface area contributed by atoms with Crippen LogP contribution in [0.5, 0.6) is 0 Å². The predicted molar refractivity (Wildman–Crippen MR) is 119 cm³/mol. The van der Waals surface area contributed by atoms with Crippen LogP contribution in [-0.4, -0.2) is 51.3 Å². The van der Waals surface area contributed by atoms with Crippen LogP contribution in [0.2, 0.25) is 0 Å². The van der Waals surface area contributed by atoms with Crippen LogP contribution in [0.15, 0.2) is 66.4 Å². The minimum Gasteiger partial charge on any atom is -0.368 e. The molecule has 1 unspecified atom stereocenters. The Morgan fingerprint density at radius 2 is 1.85 bits per heavy atom. The second kappa shape index (κ2) is 8.22. The zero-order valence-corrected chi connectivity index (χ0v) is 18.1. The number of rotatable bonds is 2. The maximum Gasteiger partial charge on any atom is 0.434 e. The van der Waals surface area contributed by atoms with Gasteiger partial charge in [0.1, 0.15) is 5.65 Å². The van der Waals surface area contributed by atoms with E-state index >= 15 is 0 Å². The molecule has 1 amide bonds. The molecule has 2 aromatic rings. The van der Waals surface area contributed by atoms with Gasteiger partial charge in [-0.15, -0.1) is 0 Å². The largest absolute Gasteiger partial charge is 0.434 e. The number of hydrogen-bond acceptors (Lipinski definition) is 4. The third kappa shape index (κ3) is 4.20. The lowest BCUT2D eigenvalue weighted by molar-refractivity contribution is -0.140. The highest BCUT2D eigenvalue weighted by Gasteiger charge is 2.34. The zero-order valence-electron chi connectivity index (χ0n) is 18.1. The van der Waals surface area contributed by atoms with Crippen LogP contribution in [0.4, 0.5) is 13.2 Å². The number of nitrogens with zero attached hydrogens (tertiary/aromatic N) is 4. The van der Waals surface area contributed by atoms with Crippen molar-refractivity contribution in [1.29, 1.82) is 0 Å². The Labute approximate surface area is 189 Å². The van der Waals surface area contributed by atoms with Crippen molar-refractivity contribution in [2.24, 2.45) is 5.92 Å². The number of pyridine rings is 1. The van der Waals surface area contributed by atoms with Crippen LogP contribution in [-0.2, 0) is 11.0 Å². The second-order valence-corrected chi connectivity index (χ2v) is 8.51. The van der Waals surface area contributed by atoms with Gasteiger partial charge in [0.2, 0.25) is 0 Å². The molecular formula is C24H24F3N5O. The third-order valence-electron chi connectivity index (χ3n) is 6.25. The van der Waals surface area contributed by atoms with Crippen LogP contribution in [0, 0.1) is 5.92 Å². The summed E-state index contributed by atoms with van der Waals surface area (Å²) in [5, 5.41) is 3.33. The Morgan fingerprint density at radius 1 is 1.09 bits per heavy atom. The van der Waals surface area contributed by atoms with Crippen LogP contribution in [0.3, 0.4) is 0 Å². The van der Waals surface area contributed by atoms with Crippen molar-refractivity contribution in [3.05, 3.63) is 77.7 Å². The van der Waals surface area contributed by atoms with Crippen LogP contribution >= 0.6 is 0 Å². The van der Waals surface area contributed by atoms with Crippen LogP contribution in [0.25, 0.3) is 11.2 Å². The minimum atomic E-state index is -4.51. The number of hydrogen-bond donors (Lipinski definition) is 1. The molecule has 3 aliphatic rings. The van der Waals surface area contributed by atoms with Crippen LogP contribution in [0.1, 0.15) is 24.6 Å². The van der Waals surface area contributed by atoms with Crippen molar-refractivity contribution in [3.8, 4) is 0 Å². The highest BCUT2D eigenvalue weighted by atomic mass is 19.4. The Morgan fingerprint density at radius 3 is 2.61 bits per heavy atom. The first-order chi connectivity index (χ1) is 15.8. The monoisotopic (exact) mass is 455 g/mol. The number of carbonyl (C=O) groups is 1. The van der Waals surface area contributed by atoms with Crippen molar-refractivity contribution in [3.63, 3.8) is 0 Å². The van der Waals surface area contributed by atoms with Crippen LogP contribution < -0.4 is 5.32 Å². The summed E-state index contributed by atoms with van der Waals surface area (Å²) in [6, 6.07) is 3.27. The number of carbonyl (C=O) groups excluding carboxylic acids is 1. The van der Waals surface area contributed by atoms with E-state index in [2.05, 4.69) is 15.2 Å². The standard InChI is InChI=1S/C24H24F3N5O/c1-16-2-4-18-5-6-19(30-10-8-28-9-11-30)14-32(18)23(33)12-20(16)17-3-7-22-29-21(24(25,26)27)15-31(22)13-17/h3-7,12-16,28H,2,8-11H2,1H3. The fourth-order valence-corrected chi connectivity index (χ4v) is 4.40. The fraction of sp³-hybridized carbons (Fsp3) is 0.333. The van der Waals surface area contributed by atoms with E-state index in [0.29, 0.717) is 12.0 Å². The number of nitrogens with one attached hydrogen (secondary N) is 1. The number of piperazine rings is 1. The summed E-state index contributed by atoms with van der Waals surface area (Å²) in [7, 11) is 0. The number of imidazole rings is 1. The summed E-state index contributed by atoms with van der Waals surface area (Å²) in [5.41, 5.74) is 2.58.